The Morgan fingerprint density at radius 1 is 1.34 bits per heavy atom. The van der Waals surface area contributed by atoms with Gasteiger partial charge in [0.05, 0.1) is 12.5 Å². The van der Waals surface area contributed by atoms with Gasteiger partial charge in [-0.25, -0.2) is 4.68 Å². The minimum Gasteiger partial charge on any atom is -0.497 e. The van der Waals surface area contributed by atoms with E-state index in [-0.39, 0.29) is 23.3 Å². The fourth-order valence-electron chi connectivity index (χ4n) is 3.99. The maximum atomic E-state index is 13.1. The third kappa shape index (κ3) is 3.71. The van der Waals surface area contributed by atoms with E-state index in [1.807, 2.05) is 0 Å². The van der Waals surface area contributed by atoms with E-state index in [0.29, 0.717) is 27.4 Å². The number of thiophene rings is 1. The van der Waals surface area contributed by atoms with E-state index >= 15 is 0 Å². The Labute approximate surface area is 173 Å². The normalized spacial score (nSPS) is 16.6. The van der Waals surface area contributed by atoms with Crippen molar-refractivity contribution in [3.05, 3.63) is 50.6 Å². The van der Waals surface area contributed by atoms with E-state index in [1.54, 1.807) is 42.7 Å². The molecule has 29 heavy (non-hydrogen) atoms. The van der Waals surface area contributed by atoms with E-state index in [1.165, 1.54) is 9.56 Å². The van der Waals surface area contributed by atoms with Crippen molar-refractivity contribution in [1.29, 1.82) is 0 Å². The van der Waals surface area contributed by atoms with Crippen LogP contribution in [-0.4, -0.2) is 27.9 Å². The molecule has 0 N–H and O–H groups in total. The highest BCUT2D eigenvalue weighted by Gasteiger charge is 2.32. The zero-order valence-corrected chi connectivity index (χ0v) is 18.0. The van der Waals surface area contributed by atoms with Crippen LogP contribution >= 0.6 is 11.3 Å². The van der Waals surface area contributed by atoms with E-state index < -0.39 is 0 Å². The molecule has 0 spiro atoms. The van der Waals surface area contributed by atoms with E-state index in [2.05, 4.69) is 31.1 Å². The van der Waals surface area contributed by atoms with Gasteiger partial charge in [-0.05, 0) is 48.3 Å². The predicted octanol–water partition coefficient (Wildman–Crippen LogP) is 3.90. The molecule has 0 unspecified atom stereocenters. The van der Waals surface area contributed by atoms with Gasteiger partial charge in [0.25, 0.3) is 5.56 Å². The Morgan fingerprint density at radius 3 is 2.86 bits per heavy atom. The highest BCUT2D eigenvalue weighted by molar-refractivity contribution is 7.18. The van der Waals surface area contributed by atoms with Crippen LogP contribution in [0.4, 0.5) is 0 Å². The summed E-state index contributed by atoms with van der Waals surface area (Å²) in [6.45, 7) is 6.68. The lowest BCUT2D eigenvalue weighted by molar-refractivity contribution is 0.0964. The molecule has 2 heterocycles. The molecule has 0 aliphatic heterocycles. The Kier molecular flexibility index (Phi) is 5.02. The van der Waals surface area contributed by atoms with Gasteiger partial charge in [-0.2, -0.15) is 0 Å². The summed E-state index contributed by atoms with van der Waals surface area (Å²) >= 11 is 1.57. The van der Waals surface area contributed by atoms with Crippen molar-refractivity contribution in [2.45, 2.75) is 46.6 Å². The number of carbonyl (C=O) groups is 1. The number of fused-ring (bicyclic) bond motifs is 3. The quantitative estimate of drug-likeness (QED) is 0.609. The fraction of sp³-hybridized carbons (Fsp3) is 0.455. The monoisotopic (exact) mass is 411 g/mol. The van der Waals surface area contributed by atoms with Gasteiger partial charge in [-0.3, -0.25) is 9.59 Å². The van der Waals surface area contributed by atoms with Crippen molar-refractivity contribution in [3.63, 3.8) is 0 Å². The van der Waals surface area contributed by atoms with Crippen molar-refractivity contribution < 1.29 is 9.53 Å². The van der Waals surface area contributed by atoms with Crippen LogP contribution in [0.2, 0.25) is 0 Å². The van der Waals surface area contributed by atoms with Crippen LogP contribution in [-0.2, 0) is 19.4 Å². The first-order chi connectivity index (χ1) is 13.8. The molecule has 6 nitrogen and oxygen atoms in total. The van der Waals surface area contributed by atoms with Gasteiger partial charge in [0.1, 0.15) is 12.3 Å². The molecular formula is C22H25N3O3S. The molecule has 152 valence electrons. The van der Waals surface area contributed by atoms with Crippen LogP contribution in [0, 0.1) is 11.3 Å². The van der Waals surface area contributed by atoms with Gasteiger partial charge in [-0.1, -0.05) is 38.1 Å². The highest BCUT2D eigenvalue weighted by atomic mass is 32.1. The molecule has 2 aromatic heterocycles. The van der Waals surface area contributed by atoms with E-state index in [9.17, 15) is 9.59 Å². The van der Waals surface area contributed by atoms with Crippen LogP contribution in [0.25, 0.3) is 10.2 Å². The number of benzene rings is 1. The number of rotatable bonds is 4. The van der Waals surface area contributed by atoms with Crippen LogP contribution in [0.3, 0.4) is 0 Å². The molecule has 0 bridgehead atoms. The number of Topliss-reactive ketones (excluding diaryl/α,β-unsaturated/α-hetero) is 1. The first-order valence-corrected chi connectivity index (χ1v) is 10.6. The summed E-state index contributed by atoms with van der Waals surface area (Å²) in [6.07, 6.45) is 2.91. The lowest BCUT2D eigenvalue weighted by atomic mass is 9.72. The maximum Gasteiger partial charge on any atom is 0.279 e. The Morgan fingerprint density at radius 2 is 2.14 bits per heavy atom. The average molecular weight is 412 g/mol. The van der Waals surface area contributed by atoms with Crippen LogP contribution in [0.15, 0.2) is 29.1 Å². The Hall–Kier alpha value is -2.54. The number of hydrogen-bond acceptors (Lipinski definition) is 6. The minimum atomic E-state index is -0.224. The third-order valence-electron chi connectivity index (χ3n) is 5.85. The van der Waals surface area contributed by atoms with Gasteiger partial charge < -0.3 is 4.74 Å². The zero-order chi connectivity index (χ0) is 20.8. The second kappa shape index (κ2) is 7.37. The number of carbonyl (C=O) groups excluding carboxylic acids is 1. The molecule has 0 saturated heterocycles. The Bertz CT molecular complexity index is 1140. The molecule has 7 heteroatoms. The van der Waals surface area contributed by atoms with Gasteiger partial charge in [0, 0.05) is 10.4 Å². The smallest absolute Gasteiger partial charge is 0.279 e. The molecule has 1 atom stereocenters. The molecular weight excluding hydrogens is 386 g/mol. The van der Waals surface area contributed by atoms with Gasteiger partial charge >= 0.3 is 0 Å². The predicted molar refractivity (Wildman–Crippen MR) is 114 cm³/mol. The van der Waals surface area contributed by atoms with Gasteiger partial charge in [0.2, 0.25) is 0 Å². The van der Waals surface area contributed by atoms with Crippen LogP contribution in [0.1, 0.15) is 48.0 Å². The molecule has 0 radical (unpaired) electrons. The molecule has 0 saturated carbocycles. The summed E-state index contributed by atoms with van der Waals surface area (Å²) in [6, 6.07) is 6.90. The number of aryl methyl sites for hydroxylation is 1. The number of aromatic nitrogens is 3. The summed E-state index contributed by atoms with van der Waals surface area (Å²) in [4.78, 5) is 27.7. The first-order valence-electron chi connectivity index (χ1n) is 9.83. The highest BCUT2D eigenvalue weighted by Crippen LogP contribution is 2.41. The zero-order valence-electron chi connectivity index (χ0n) is 17.2. The standard InChI is InChI=1S/C22H25N3O3S/c1-22(2,3)14-8-9-16-18(11-14)29-20-19(16)21(27)25(24-23-20)12-17(26)13-6-5-7-15(10-13)28-4/h5-7,10,14H,8-9,11-12H2,1-4H3/t14-/m0/s1. The lowest BCUT2D eigenvalue weighted by Gasteiger charge is -2.33. The second-order valence-electron chi connectivity index (χ2n) is 8.70. The van der Waals surface area contributed by atoms with Crippen LogP contribution < -0.4 is 10.3 Å². The number of ketones is 1. The van der Waals surface area contributed by atoms with Crippen LogP contribution in [0.5, 0.6) is 5.75 Å². The van der Waals surface area contributed by atoms with E-state index in [4.69, 9.17) is 4.74 Å². The largest absolute Gasteiger partial charge is 0.497 e. The van der Waals surface area contributed by atoms with Crippen molar-refractivity contribution in [2.24, 2.45) is 11.3 Å². The molecule has 0 amide bonds. The lowest BCUT2D eigenvalue weighted by Crippen LogP contribution is -2.29. The number of ether oxygens (including phenoxy) is 1. The van der Waals surface area contributed by atoms with Crippen molar-refractivity contribution in [3.8, 4) is 5.75 Å². The van der Waals surface area contributed by atoms with Gasteiger partial charge in [0.15, 0.2) is 10.6 Å². The SMILES string of the molecule is COc1cccc(C(=O)Cn2nnc3sc4c(c3c2=O)CC[C@H](C(C)(C)C)C4)c1. The first kappa shape index (κ1) is 19.8. The number of methoxy groups -OCH3 is 1. The molecule has 1 aromatic carbocycles. The third-order valence-corrected chi connectivity index (χ3v) is 6.99. The molecule has 0 fully saturated rings. The summed E-state index contributed by atoms with van der Waals surface area (Å²) in [5.74, 6) is 0.995. The molecule has 1 aliphatic carbocycles. The Balaban J connectivity index is 1.67. The second-order valence-corrected chi connectivity index (χ2v) is 9.78. The van der Waals surface area contributed by atoms with Gasteiger partial charge in [-0.15, -0.1) is 16.4 Å². The summed E-state index contributed by atoms with van der Waals surface area (Å²) in [5.41, 5.74) is 1.60. The fourth-order valence-corrected chi connectivity index (χ4v) is 5.23. The molecule has 3 aromatic rings. The number of nitrogens with zero attached hydrogens (tertiary/aromatic N) is 3. The average Bonchev–Trinajstić information content (AvgIpc) is 3.08. The summed E-state index contributed by atoms with van der Waals surface area (Å²) in [7, 11) is 1.55. The maximum absolute atomic E-state index is 13.1. The summed E-state index contributed by atoms with van der Waals surface area (Å²) in [5, 5.41) is 8.95. The topological polar surface area (TPSA) is 74.1 Å². The summed E-state index contributed by atoms with van der Waals surface area (Å²) < 4.78 is 6.36. The van der Waals surface area contributed by atoms with Crippen molar-refractivity contribution in [2.75, 3.05) is 7.11 Å². The minimum absolute atomic E-state index is 0.135. The van der Waals surface area contributed by atoms with Crippen molar-refractivity contribution in [1.82, 2.24) is 15.0 Å². The number of hydrogen-bond donors (Lipinski definition) is 0. The molecule has 1 aliphatic rings. The molecule has 4 rings (SSSR count). The van der Waals surface area contributed by atoms with Crippen molar-refractivity contribution >= 4 is 27.3 Å². The van der Waals surface area contributed by atoms with E-state index in [0.717, 1.165) is 24.8 Å².